The fraction of sp³-hybridized carbons (Fsp3) is 0.263. The highest BCUT2D eigenvalue weighted by molar-refractivity contribution is 7.99. The number of nitrogens with zero attached hydrogens (tertiary/aromatic N) is 2. The van der Waals surface area contributed by atoms with Crippen molar-refractivity contribution in [3.05, 3.63) is 117 Å². The molecule has 4 aromatic rings. The lowest BCUT2D eigenvalue weighted by Crippen LogP contribution is -2.52. The SMILES string of the molecule is O=C1CNC(=O)[C@H](Cc2ccccc2)NC(=O)[C@@H]2CSc3ccc(c(=O)n32)NC(=O)CNC(=O)[C@H](Cc2ccccc2)NC(=O)[C@@H]2CSc3ccc(c(=O)n32)N1. The highest BCUT2D eigenvalue weighted by atomic mass is 32.2. The summed E-state index contributed by atoms with van der Waals surface area (Å²) in [4.78, 5) is 108. The Hall–Kier alpha value is -6.14. The molecule has 3 aliphatic rings. The van der Waals surface area contributed by atoms with Crippen LogP contribution in [0.5, 0.6) is 0 Å². The van der Waals surface area contributed by atoms with E-state index in [9.17, 15) is 38.4 Å². The quantitative estimate of drug-likeness (QED) is 0.169. The van der Waals surface area contributed by atoms with Crippen LogP contribution in [0.1, 0.15) is 23.2 Å². The number of fused-ring (bicyclic) bond motifs is 2. The predicted octanol–water partition coefficient (Wildman–Crippen LogP) is 0.582. The van der Waals surface area contributed by atoms with Crippen LogP contribution in [0.15, 0.2) is 105 Å². The maximum absolute atomic E-state index is 13.8. The van der Waals surface area contributed by atoms with E-state index in [4.69, 9.17) is 0 Å². The normalized spacial score (nSPS) is 21.8. The first-order chi connectivity index (χ1) is 27.0. The van der Waals surface area contributed by atoms with Gasteiger partial charge in [0, 0.05) is 24.3 Å². The Kier molecular flexibility index (Phi) is 11.4. The van der Waals surface area contributed by atoms with Crippen molar-refractivity contribution in [2.24, 2.45) is 0 Å². The minimum absolute atomic E-state index is 0.0585. The second kappa shape index (κ2) is 16.7. The lowest BCUT2D eigenvalue weighted by Gasteiger charge is -2.22. The topological polar surface area (TPSA) is 219 Å². The van der Waals surface area contributed by atoms with Crippen LogP contribution in [-0.4, -0.2) is 81.3 Å². The molecular formula is C38H36N8O8S2. The third kappa shape index (κ3) is 8.40. The molecule has 4 bridgehead atoms. The molecule has 16 nitrogen and oxygen atoms in total. The summed E-state index contributed by atoms with van der Waals surface area (Å²) < 4.78 is 2.48. The number of anilines is 2. The molecule has 0 saturated heterocycles. The number of hydrogen-bond donors (Lipinski definition) is 6. The summed E-state index contributed by atoms with van der Waals surface area (Å²) in [7, 11) is 0. The van der Waals surface area contributed by atoms with E-state index in [2.05, 4.69) is 31.9 Å². The average molecular weight is 797 g/mol. The highest BCUT2D eigenvalue weighted by Crippen LogP contribution is 2.33. The molecule has 7 rings (SSSR count). The van der Waals surface area contributed by atoms with E-state index >= 15 is 0 Å². The number of aromatic nitrogens is 2. The summed E-state index contributed by atoms with van der Waals surface area (Å²) in [5, 5.41) is 16.5. The molecule has 0 radical (unpaired) electrons. The van der Waals surface area contributed by atoms with Crippen molar-refractivity contribution >= 4 is 70.3 Å². The molecule has 0 saturated carbocycles. The van der Waals surface area contributed by atoms with Crippen molar-refractivity contribution in [3.8, 4) is 0 Å². The van der Waals surface area contributed by atoms with Gasteiger partial charge in [0.1, 0.15) is 35.5 Å². The summed E-state index contributed by atoms with van der Waals surface area (Å²) in [6, 6.07) is 19.4. The molecule has 5 heterocycles. The number of nitrogens with one attached hydrogen (secondary N) is 6. The fourth-order valence-electron chi connectivity index (χ4n) is 6.58. The zero-order valence-electron chi connectivity index (χ0n) is 29.6. The van der Waals surface area contributed by atoms with Crippen LogP contribution in [0.25, 0.3) is 0 Å². The first-order valence-corrected chi connectivity index (χ1v) is 19.6. The van der Waals surface area contributed by atoms with E-state index in [-0.39, 0.29) is 35.7 Å². The van der Waals surface area contributed by atoms with E-state index in [1.54, 1.807) is 72.8 Å². The fourth-order valence-corrected chi connectivity index (χ4v) is 8.86. The third-order valence-corrected chi connectivity index (χ3v) is 11.6. The number of rotatable bonds is 4. The zero-order valence-corrected chi connectivity index (χ0v) is 31.2. The molecule has 6 N–H and O–H groups in total. The van der Waals surface area contributed by atoms with E-state index in [0.29, 0.717) is 10.1 Å². The number of hydrogen-bond acceptors (Lipinski definition) is 10. The summed E-state index contributed by atoms with van der Waals surface area (Å²) in [5.41, 5.74) is -0.162. The van der Waals surface area contributed by atoms with Gasteiger partial charge in [0.15, 0.2) is 0 Å². The minimum atomic E-state index is -1.16. The number of amides is 6. The van der Waals surface area contributed by atoms with E-state index in [1.165, 1.54) is 44.8 Å². The van der Waals surface area contributed by atoms with Gasteiger partial charge in [0.25, 0.3) is 11.1 Å². The molecule has 0 spiro atoms. The Labute approximate surface area is 327 Å². The van der Waals surface area contributed by atoms with Crippen molar-refractivity contribution in [1.29, 1.82) is 0 Å². The largest absolute Gasteiger partial charge is 0.345 e. The Balaban J connectivity index is 1.20. The van der Waals surface area contributed by atoms with Gasteiger partial charge in [0.05, 0.1) is 23.1 Å². The van der Waals surface area contributed by atoms with Gasteiger partial charge in [-0.15, -0.1) is 23.5 Å². The van der Waals surface area contributed by atoms with Crippen molar-refractivity contribution in [3.63, 3.8) is 0 Å². The Morgan fingerprint density at radius 3 is 1.29 bits per heavy atom. The summed E-state index contributed by atoms with van der Waals surface area (Å²) in [6.45, 7) is -1.11. The third-order valence-electron chi connectivity index (χ3n) is 9.39. The zero-order chi connectivity index (χ0) is 39.3. The molecule has 4 atom stereocenters. The molecule has 56 heavy (non-hydrogen) atoms. The van der Waals surface area contributed by atoms with Crippen molar-refractivity contribution in [1.82, 2.24) is 30.4 Å². The smallest absolute Gasteiger partial charge is 0.275 e. The first kappa shape index (κ1) is 38.1. The molecule has 6 amide bonds. The Morgan fingerprint density at radius 1 is 0.500 bits per heavy atom. The van der Waals surface area contributed by atoms with Crippen LogP contribution in [-0.2, 0) is 41.6 Å². The van der Waals surface area contributed by atoms with Gasteiger partial charge >= 0.3 is 0 Å². The molecule has 2 aromatic heterocycles. The summed E-state index contributed by atoms with van der Waals surface area (Å²) in [5.74, 6) is -3.76. The molecule has 3 aliphatic heterocycles. The standard InChI is InChI=1S/C38H36N8O8S2/c47-29-17-39-33(49)25(15-21-7-3-1-4-8-21)43-35(51)27-19-55-31-13-11-23(37(53)45(27)31)42-30(48)18-40-34(50)26(16-22-9-5-2-6-10-22)44-36(52)28-20-56-32-14-12-24(41-29)38(54)46(28)32/h1-14,25-28H,15-20H2,(H,39,49)(H,40,50)(H,41,47)(H,42,48)(H,43,51)(H,44,52)/t25-,26-,27-,28-/m0/s1. The van der Waals surface area contributed by atoms with Gasteiger partial charge in [-0.25, -0.2) is 0 Å². The lowest BCUT2D eigenvalue weighted by molar-refractivity contribution is -0.131. The number of carbonyl (C=O) groups excluding carboxylic acids is 6. The van der Waals surface area contributed by atoms with E-state index in [0.717, 1.165) is 11.1 Å². The molecule has 0 fully saturated rings. The van der Waals surface area contributed by atoms with Crippen LogP contribution >= 0.6 is 23.5 Å². The van der Waals surface area contributed by atoms with Gasteiger partial charge in [-0.05, 0) is 35.4 Å². The van der Waals surface area contributed by atoms with E-state index in [1.807, 2.05) is 0 Å². The van der Waals surface area contributed by atoms with Crippen LogP contribution in [0, 0.1) is 0 Å². The van der Waals surface area contributed by atoms with Gasteiger partial charge in [0.2, 0.25) is 35.4 Å². The number of pyridine rings is 2. The molecule has 288 valence electrons. The molecule has 2 aromatic carbocycles. The minimum Gasteiger partial charge on any atom is -0.345 e. The lowest BCUT2D eigenvalue weighted by atomic mass is 10.0. The highest BCUT2D eigenvalue weighted by Gasteiger charge is 2.35. The second-order valence-electron chi connectivity index (χ2n) is 13.2. The van der Waals surface area contributed by atoms with Gasteiger partial charge in [-0.2, -0.15) is 0 Å². The number of carbonyl (C=O) groups is 6. The van der Waals surface area contributed by atoms with Crippen molar-refractivity contribution < 1.29 is 28.8 Å². The Morgan fingerprint density at radius 2 is 0.893 bits per heavy atom. The van der Waals surface area contributed by atoms with E-state index < -0.39 is 83.8 Å². The Bertz CT molecular complexity index is 2170. The summed E-state index contributed by atoms with van der Waals surface area (Å²) >= 11 is 2.50. The van der Waals surface area contributed by atoms with Crippen molar-refractivity contribution in [2.45, 2.75) is 47.1 Å². The van der Waals surface area contributed by atoms with Crippen LogP contribution in [0.2, 0.25) is 0 Å². The number of thioether (sulfide) groups is 2. The predicted molar refractivity (Wildman–Crippen MR) is 208 cm³/mol. The van der Waals surface area contributed by atoms with Crippen LogP contribution in [0.3, 0.4) is 0 Å². The number of benzene rings is 2. The molecule has 0 unspecified atom stereocenters. The van der Waals surface area contributed by atoms with Crippen LogP contribution in [0.4, 0.5) is 11.4 Å². The molecule has 0 aliphatic carbocycles. The maximum Gasteiger partial charge on any atom is 0.275 e. The van der Waals surface area contributed by atoms with Crippen LogP contribution < -0.4 is 43.0 Å². The maximum atomic E-state index is 13.8. The molecular weight excluding hydrogens is 761 g/mol. The average Bonchev–Trinajstić information content (AvgIpc) is 3.84. The second-order valence-corrected chi connectivity index (χ2v) is 15.3. The first-order valence-electron chi connectivity index (χ1n) is 17.7. The molecule has 18 heteroatoms. The summed E-state index contributed by atoms with van der Waals surface area (Å²) in [6.07, 6.45) is 0.117. The monoisotopic (exact) mass is 796 g/mol. The van der Waals surface area contributed by atoms with Gasteiger partial charge in [-0.1, -0.05) is 60.7 Å². The van der Waals surface area contributed by atoms with Gasteiger partial charge in [-0.3, -0.25) is 47.5 Å². The van der Waals surface area contributed by atoms with Gasteiger partial charge < -0.3 is 31.9 Å². The van der Waals surface area contributed by atoms with Crippen molar-refractivity contribution in [2.75, 3.05) is 35.2 Å².